The lowest BCUT2D eigenvalue weighted by atomic mass is 10.2. The van der Waals surface area contributed by atoms with E-state index in [2.05, 4.69) is 43.4 Å². The van der Waals surface area contributed by atoms with Gasteiger partial charge >= 0.3 is 0 Å². The largest absolute Gasteiger partial charge is 0.503 e. The van der Waals surface area contributed by atoms with Gasteiger partial charge in [-0.15, -0.1) is 0 Å². The molecule has 3 aromatic rings. The number of allylic oxidation sites excluding steroid dienone is 1. The fourth-order valence-electron chi connectivity index (χ4n) is 4.47. The number of primary amides is 1. The Bertz CT molecular complexity index is 1450. The molecule has 3 N–H and O–H groups in total. The average molecular weight is 489 g/mol. The van der Waals surface area contributed by atoms with Gasteiger partial charge in [0, 0.05) is 26.6 Å². The first-order valence-electron chi connectivity index (χ1n) is 11.4. The highest BCUT2D eigenvalue weighted by molar-refractivity contribution is 6.00. The van der Waals surface area contributed by atoms with Gasteiger partial charge in [0.25, 0.3) is 5.91 Å². The van der Waals surface area contributed by atoms with E-state index in [4.69, 9.17) is 10.5 Å². The number of nitrogens with two attached hydrogens (primary N) is 1. The van der Waals surface area contributed by atoms with Crippen LogP contribution in [-0.4, -0.2) is 61.7 Å². The minimum atomic E-state index is -0.666. The van der Waals surface area contributed by atoms with Crippen LogP contribution in [0.4, 0.5) is 5.82 Å². The number of rotatable bonds is 6. The summed E-state index contributed by atoms with van der Waals surface area (Å²) in [6.07, 6.45) is 3.21. The standard InChI is InChI=1S/C25H28N8O3/c1-6-21(34)32-13-17(12-18(32)14-36-5)33-25(27-4)22(23(26)35)19(30-33)10-8-16-9-11-20-24(29-16)28-15(3)31(20)7-2/h6,9,11,14,17,27H,1,7,12-13H2,2-5H3,(H2,26,35)/b18-14+/t17-/m0/s1. The Morgan fingerprint density at radius 3 is 2.75 bits per heavy atom. The normalized spacial score (nSPS) is 16.2. The summed E-state index contributed by atoms with van der Waals surface area (Å²) in [5.74, 6) is 6.31. The molecule has 0 saturated carbocycles. The quantitative estimate of drug-likeness (QED) is 0.308. The van der Waals surface area contributed by atoms with Crippen LogP contribution >= 0.6 is 0 Å². The lowest BCUT2D eigenvalue weighted by molar-refractivity contribution is -0.123. The molecule has 4 rings (SSSR count). The summed E-state index contributed by atoms with van der Waals surface area (Å²) in [5.41, 5.74) is 8.81. The molecule has 36 heavy (non-hydrogen) atoms. The van der Waals surface area contributed by atoms with Gasteiger partial charge < -0.3 is 25.3 Å². The molecule has 0 unspecified atom stereocenters. The predicted molar refractivity (Wildman–Crippen MR) is 135 cm³/mol. The highest BCUT2D eigenvalue weighted by atomic mass is 16.5. The zero-order valence-electron chi connectivity index (χ0n) is 20.7. The maximum absolute atomic E-state index is 12.4. The van der Waals surface area contributed by atoms with Crippen molar-refractivity contribution in [3.8, 4) is 11.8 Å². The van der Waals surface area contributed by atoms with Crippen LogP contribution in [0.3, 0.4) is 0 Å². The SMILES string of the molecule is C=CC(=O)N1C[C@@H](n2nc(C#Cc3ccc4c(n3)nc(C)n4CC)c(C(N)=O)c2NC)C/C1=C\OC. The van der Waals surface area contributed by atoms with E-state index in [9.17, 15) is 9.59 Å². The van der Waals surface area contributed by atoms with Crippen LogP contribution in [0, 0.1) is 18.8 Å². The first kappa shape index (κ1) is 24.5. The molecule has 0 aliphatic carbocycles. The number of amides is 2. The van der Waals surface area contributed by atoms with E-state index in [-0.39, 0.29) is 23.2 Å². The second-order valence-electron chi connectivity index (χ2n) is 8.18. The third-order valence-electron chi connectivity index (χ3n) is 6.05. The van der Waals surface area contributed by atoms with Crippen LogP contribution in [0.25, 0.3) is 11.2 Å². The Morgan fingerprint density at radius 1 is 1.33 bits per heavy atom. The van der Waals surface area contributed by atoms with Crippen molar-refractivity contribution >= 4 is 28.8 Å². The summed E-state index contributed by atoms with van der Waals surface area (Å²) in [4.78, 5) is 35.4. The molecule has 11 heteroatoms. The number of hydrogen-bond donors (Lipinski definition) is 2. The molecule has 0 aromatic carbocycles. The van der Waals surface area contributed by atoms with Crippen LogP contribution in [-0.2, 0) is 16.1 Å². The van der Waals surface area contributed by atoms with Crippen molar-refractivity contribution in [3.63, 3.8) is 0 Å². The monoisotopic (exact) mass is 488 g/mol. The number of methoxy groups -OCH3 is 1. The highest BCUT2D eigenvalue weighted by Gasteiger charge is 2.35. The Morgan fingerprint density at radius 2 is 2.11 bits per heavy atom. The lowest BCUT2D eigenvalue weighted by Gasteiger charge is -2.16. The van der Waals surface area contributed by atoms with E-state index in [0.717, 1.165) is 17.9 Å². The third-order valence-corrected chi connectivity index (χ3v) is 6.05. The van der Waals surface area contributed by atoms with Crippen LogP contribution in [0.5, 0.6) is 0 Å². The topological polar surface area (TPSA) is 133 Å². The molecule has 1 aliphatic rings. The highest BCUT2D eigenvalue weighted by Crippen LogP contribution is 2.34. The zero-order valence-corrected chi connectivity index (χ0v) is 20.7. The van der Waals surface area contributed by atoms with Crippen molar-refractivity contribution in [3.05, 3.63) is 59.5 Å². The summed E-state index contributed by atoms with van der Waals surface area (Å²) in [7, 11) is 3.19. The van der Waals surface area contributed by atoms with Crippen molar-refractivity contribution in [2.45, 2.75) is 32.9 Å². The summed E-state index contributed by atoms with van der Waals surface area (Å²) in [5, 5.41) is 7.62. The first-order valence-corrected chi connectivity index (χ1v) is 11.4. The molecule has 1 fully saturated rings. The van der Waals surface area contributed by atoms with Gasteiger partial charge in [-0.2, -0.15) is 5.10 Å². The number of imidazole rings is 1. The van der Waals surface area contributed by atoms with Gasteiger partial charge in [-0.3, -0.25) is 9.59 Å². The Balaban J connectivity index is 1.74. The molecule has 2 amide bonds. The second kappa shape index (κ2) is 9.95. The van der Waals surface area contributed by atoms with Gasteiger partial charge in [0.05, 0.1) is 24.4 Å². The molecule has 186 valence electrons. The maximum Gasteiger partial charge on any atom is 0.255 e. The summed E-state index contributed by atoms with van der Waals surface area (Å²) in [6, 6.07) is 3.46. The maximum atomic E-state index is 12.4. The summed E-state index contributed by atoms with van der Waals surface area (Å²) in [6.45, 7) is 8.66. The van der Waals surface area contributed by atoms with E-state index >= 15 is 0 Å². The Labute approximate surface area is 208 Å². The molecule has 1 saturated heterocycles. The van der Waals surface area contributed by atoms with Gasteiger partial charge in [0.1, 0.15) is 29.2 Å². The molecule has 0 radical (unpaired) electrons. The van der Waals surface area contributed by atoms with Gasteiger partial charge in [-0.1, -0.05) is 6.58 Å². The minimum Gasteiger partial charge on any atom is -0.503 e. The van der Waals surface area contributed by atoms with Gasteiger partial charge in [0.15, 0.2) is 11.3 Å². The molecule has 11 nitrogen and oxygen atoms in total. The fraction of sp³-hybridized carbons (Fsp3) is 0.320. The average Bonchev–Trinajstić information content (AvgIpc) is 3.54. The minimum absolute atomic E-state index is 0.169. The number of nitrogens with one attached hydrogen (secondary N) is 1. The van der Waals surface area contributed by atoms with Crippen LogP contribution in [0.2, 0.25) is 0 Å². The molecular formula is C25H28N8O3. The number of ether oxygens (including phenoxy) is 1. The van der Waals surface area contributed by atoms with Crippen molar-refractivity contribution in [1.82, 2.24) is 29.2 Å². The number of nitrogens with zero attached hydrogens (tertiary/aromatic N) is 6. The van der Waals surface area contributed by atoms with Crippen molar-refractivity contribution in [1.29, 1.82) is 0 Å². The molecule has 0 spiro atoms. The zero-order chi connectivity index (χ0) is 26.0. The number of likely N-dealkylation sites (tertiary alicyclic amines) is 1. The third kappa shape index (κ3) is 4.29. The second-order valence-corrected chi connectivity index (χ2v) is 8.18. The number of anilines is 1. The number of aryl methyl sites for hydroxylation is 2. The summed E-state index contributed by atoms with van der Waals surface area (Å²) >= 11 is 0. The van der Waals surface area contributed by atoms with E-state index in [1.807, 2.05) is 19.9 Å². The number of hydrogen-bond acceptors (Lipinski definition) is 7. The molecule has 1 aliphatic heterocycles. The molecule has 1 atom stereocenters. The van der Waals surface area contributed by atoms with Gasteiger partial charge in [0.2, 0.25) is 5.91 Å². The molecule has 4 heterocycles. The van der Waals surface area contributed by atoms with Crippen LogP contribution in [0.1, 0.15) is 47.0 Å². The van der Waals surface area contributed by atoms with Crippen molar-refractivity contribution in [2.75, 3.05) is 26.0 Å². The molecule has 0 bridgehead atoms. The van der Waals surface area contributed by atoms with Gasteiger partial charge in [-0.05, 0) is 43.9 Å². The number of carbonyl (C=O) groups excluding carboxylic acids is 2. The van der Waals surface area contributed by atoms with E-state index in [0.29, 0.717) is 35.8 Å². The van der Waals surface area contributed by atoms with Gasteiger partial charge in [-0.25, -0.2) is 14.6 Å². The number of carbonyl (C=O) groups is 2. The summed E-state index contributed by atoms with van der Waals surface area (Å²) < 4.78 is 8.86. The number of fused-ring (bicyclic) bond motifs is 1. The van der Waals surface area contributed by atoms with Crippen LogP contribution in [0.15, 0.2) is 36.7 Å². The van der Waals surface area contributed by atoms with E-state index in [1.165, 1.54) is 19.4 Å². The predicted octanol–water partition coefficient (Wildman–Crippen LogP) is 1.94. The van der Waals surface area contributed by atoms with Crippen LogP contribution < -0.4 is 11.1 Å². The Hall–Kier alpha value is -4.59. The smallest absolute Gasteiger partial charge is 0.255 e. The fourth-order valence-corrected chi connectivity index (χ4v) is 4.47. The molecular weight excluding hydrogens is 460 g/mol. The number of aromatic nitrogens is 5. The van der Waals surface area contributed by atoms with Crippen molar-refractivity contribution < 1.29 is 14.3 Å². The number of pyridine rings is 1. The first-order chi connectivity index (χ1) is 17.3. The molecule has 3 aromatic heterocycles. The lowest BCUT2D eigenvalue weighted by Crippen LogP contribution is -2.27. The van der Waals surface area contributed by atoms with E-state index in [1.54, 1.807) is 22.7 Å². The van der Waals surface area contributed by atoms with E-state index < -0.39 is 5.91 Å². The van der Waals surface area contributed by atoms with Crippen molar-refractivity contribution in [2.24, 2.45) is 5.73 Å². The Kier molecular flexibility index (Phi) is 6.78.